The fourth-order valence-corrected chi connectivity index (χ4v) is 5.79. The Morgan fingerprint density at radius 1 is 0.867 bits per heavy atom. The highest BCUT2D eigenvalue weighted by Gasteiger charge is 2.83. The number of methoxy groups -OCH3 is 2. The first-order valence-electron chi connectivity index (χ1n) is 9.89. The molecule has 1 heterocycles. The second-order valence-electron chi connectivity index (χ2n) is 7.93. The van der Waals surface area contributed by atoms with Gasteiger partial charge in [-0.15, -0.1) is 0 Å². The van der Waals surface area contributed by atoms with E-state index in [0.29, 0.717) is 11.5 Å². The van der Waals surface area contributed by atoms with Crippen molar-refractivity contribution in [2.45, 2.75) is 22.8 Å². The summed E-state index contributed by atoms with van der Waals surface area (Å²) >= 11 is 14.0. The van der Waals surface area contributed by atoms with E-state index in [4.69, 9.17) is 37.4 Å². The standard InChI is InChI=1S/C25H22Cl2O3/c1-15-8-10-16(11-9-15)22-18-6-4-5-7-19(18)30-24(23(22)25(24,26)27)17-12-13-20(28-2)21(14-17)29-3/h4-14,22-23H,1-3H3/t22-,23+,24+/m0/s1. The minimum absolute atomic E-state index is 0.0126. The maximum atomic E-state index is 7.01. The van der Waals surface area contributed by atoms with E-state index in [-0.39, 0.29) is 11.8 Å². The number of alkyl halides is 2. The summed E-state index contributed by atoms with van der Waals surface area (Å²) < 4.78 is 16.4. The van der Waals surface area contributed by atoms with E-state index in [1.807, 2.05) is 36.4 Å². The Morgan fingerprint density at radius 2 is 1.57 bits per heavy atom. The molecule has 3 aromatic carbocycles. The summed E-state index contributed by atoms with van der Waals surface area (Å²) in [6.45, 7) is 2.08. The third-order valence-electron chi connectivity index (χ3n) is 6.35. The highest BCUT2D eigenvalue weighted by atomic mass is 35.5. The minimum atomic E-state index is -1.10. The van der Waals surface area contributed by atoms with E-state index in [1.54, 1.807) is 14.2 Å². The molecule has 154 valence electrons. The molecule has 1 saturated carbocycles. The van der Waals surface area contributed by atoms with Crippen molar-refractivity contribution in [2.24, 2.45) is 5.92 Å². The maximum absolute atomic E-state index is 7.01. The number of hydrogen-bond acceptors (Lipinski definition) is 3. The Kier molecular flexibility index (Phi) is 4.46. The second kappa shape index (κ2) is 6.83. The predicted molar refractivity (Wildman–Crippen MR) is 119 cm³/mol. The second-order valence-corrected chi connectivity index (χ2v) is 9.32. The number of fused-ring (bicyclic) bond motifs is 2. The minimum Gasteiger partial charge on any atom is -0.493 e. The molecule has 5 heteroatoms. The van der Waals surface area contributed by atoms with Gasteiger partial charge < -0.3 is 14.2 Å². The van der Waals surface area contributed by atoms with E-state index in [9.17, 15) is 0 Å². The van der Waals surface area contributed by atoms with Crippen LogP contribution < -0.4 is 14.2 Å². The van der Waals surface area contributed by atoms with Gasteiger partial charge in [0, 0.05) is 17.0 Å². The normalized spacial score (nSPS) is 25.5. The molecule has 0 radical (unpaired) electrons. The summed E-state index contributed by atoms with van der Waals surface area (Å²) in [5, 5.41) is 0. The molecule has 0 N–H and O–H groups in total. The monoisotopic (exact) mass is 440 g/mol. The Balaban J connectivity index is 1.70. The smallest absolute Gasteiger partial charge is 0.174 e. The largest absolute Gasteiger partial charge is 0.493 e. The third kappa shape index (κ3) is 2.58. The van der Waals surface area contributed by atoms with Crippen LogP contribution in [-0.2, 0) is 5.60 Å². The Bertz CT molecular complexity index is 1110. The van der Waals surface area contributed by atoms with Crippen LogP contribution in [-0.4, -0.2) is 18.6 Å². The summed E-state index contributed by atoms with van der Waals surface area (Å²) in [5.74, 6) is 1.93. The first kappa shape index (κ1) is 19.6. The van der Waals surface area contributed by atoms with Crippen LogP contribution in [0.2, 0.25) is 0 Å². The summed E-state index contributed by atoms with van der Waals surface area (Å²) in [6.07, 6.45) is 0. The van der Waals surface area contributed by atoms with Gasteiger partial charge in [0.15, 0.2) is 21.4 Å². The molecule has 1 aliphatic heterocycles. The van der Waals surface area contributed by atoms with Gasteiger partial charge in [-0.3, -0.25) is 0 Å². The van der Waals surface area contributed by atoms with Crippen LogP contribution in [0.15, 0.2) is 66.7 Å². The van der Waals surface area contributed by atoms with Crippen LogP contribution in [0.5, 0.6) is 17.2 Å². The molecule has 1 aliphatic carbocycles. The fraction of sp³-hybridized carbons (Fsp3) is 0.280. The Labute approximate surface area is 186 Å². The van der Waals surface area contributed by atoms with Crippen LogP contribution in [0.4, 0.5) is 0 Å². The molecule has 0 spiro atoms. The van der Waals surface area contributed by atoms with Gasteiger partial charge in [0.2, 0.25) is 0 Å². The molecule has 0 unspecified atom stereocenters. The molecule has 0 amide bonds. The molecule has 0 bridgehead atoms. The first-order valence-corrected chi connectivity index (χ1v) is 10.6. The van der Waals surface area contributed by atoms with E-state index in [1.165, 1.54) is 11.1 Å². The molecule has 30 heavy (non-hydrogen) atoms. The van der Waals surface area contributed by atoms with E-state index < -0.39 is 9.93 Å². The van der Waals surface area contributed by atoms with E-state index in [0.717, 1.165) is 16.9 Å². The molecule has 0 saturated heterocycles. The van der Waals surface area contributed by atoms with Gasteiger partial charge in [-0.2, -0.15) is 0 Å². The summed E-state index contributed by atoms with van der Waals surface area (Å²) in [4.78, 5) is 0. The zero-order valence-electron chi connectivity index (χ0n) is 17.0. The molecular formula is C25H22Cl2O3. The molecule has 0 aromatic heterocycles. The average Bonchev–Trinajstić information content (AvgIpc) is 3.27. The van der Waals surface area contributed by atoms with Crippen molar-refractivity contribution in [3.05, 3.63) is 89.0 Å². The van der Waals surface area contributed by atoms with E-state index in [2.05, 4.69) is 37.3 Å². The van der Waals surface area contributed by atoms with Gasteiger partial charge in [-0.05, 0) is 30.7 Å². The van der Waals surface area contributed by atoms with Crippen molar-refractivity contribution >= 4 is 23.2 Å². The van der Waals surface area contributed by atoms with Crippen molar-refractivity contribution in [1.29, 1.82) is 0 Å². The molecule has 1 fully saturated rings. The first-order chi connectivity index (χ1) is 14.4. The number of para-hydroxylation sites is 1. The zero-order chi connectivity index (χ0) is 21.1. The maximum Gasteiger partial charge on any atom is 0.174 e. The van der Waals surface area contributed by atoms with Gasteiger partial charge in [0.1, 0.15) is 5.75 Å². The van der Waals surface area contributed by atoms with Crippen LogP contribution in [0.25, 0.3) is 0 Å². The molecule has 5 rings (SSSR count). The number of ether oxygens (including phenoxy) is 3. The Morgan fingerprint density at radius 3 is 2.27 bits per heavy atom. The van der Waals surface area contributed by atoms with Gasteiger partial charge in [0.05, 0.1) is 20.1 Å². The van der Waals surface area contributed by atoms with Crippen molar-refractivity contribution in [3.8, 4) is 17.2 Å². The number of aryl methyl sites for hydroxylation is 1. The SMILES string of the molecule is COc1ccc([C@@]23Oc4ccccc4[C@H](c4ccc(C)cc4)[C@H]2C3(Cl)Cl)cc1OC. The van der Waals surface area contributed by atoms with Gasteiger partial charge >= 0.3 is 0 Å². The summed E-state index contributed by atoms with van der Waals surface area (Å²) in [7, 11) is 3.23. The lowest BCUT2D eigenvalue weighted by Crippen LogP contribution is -2.29. The van der Waals surface area contributed by atoms with Crippen molar-refractivity contribution in [1.82, 2.24) is 0 Å². The molecule has 3 atom stereocenters. The zero-order valence-corrected chi connectivity index (χ0v) is 18.5. The van der Waals surface area contributed by atoms with Crippen LogP contribution in [0.3, 0.4) is 0 Å². The lowest BCUT2D eigenvalue weighted by atomic mass is 9.82. The van der Waals surface area contributed by atoms with Crippen LogP contribution >= 0.6 is 23.2 Å². The van der Waals surface area contributed by atoms with E-state index >= 15 is 0 Å². The topological polar surface area (TPSA) is 27.7 Å². The van der Waals surface area contributed by atoms with Gasteiger partial charge in [-0.1, -0.05) is 77.3 Å². The van der Waals surface area contributed by atoms with Crippen molar-refractivity contribution < 1.29 is 14.2 Å². The third-order valence-corrected chi connectivity index (χ3v) is 7.38. The van der Waals surface area contributed by atoms with Crippen molar-refractivity contribution in [2.75, 3.05) is 14.2 Å². The highest BCUT2D eigenvalue weighted by molar-refractivity contribution is 6.52. The number of hydrogen-bond donors (Lipinski definition) is 0. The van der Waals surface area contributed by atoms with Crippen LogP contribution in [0, 0.1) is 12.8 Å². The molecule has 2 aliphatic rings. The average molecular weight is 441 g/mol. The molecule has 3 nitrogen and oxygen atoms in total. The quantitative estimate of drug-likeness (QED) is 0.449. The highest BCUT2D eigenvalue weighted by Crippen LogP contribution is 2.77. The number of halogens is 2. The summed E-state index contributed by atoms with van der Waals surface area (Å²) in [6, 6.07) is 22.4. The lowest BCUT2D eigenvalue weighted by molar-refractivity contribution is 0.137. The molecular weight excluding hydrogens is 419 g/mol. The van der Waals surface area contributed by atoms with Gasteiger partial charge in [-0.25, -0.2) is 0 Å². The lowest BCUT2D eigenvalue weighted by Gasteiger charge is -2.32. The van der Waals surface area contributed by atoms with Gasteiger partial charge in [0.25, 0.3) is 0 Å². The summed E-state index contributed by atoms with van der Waals surface area (Å²) in [5.41, 5.74) is 3.49. The fourth-order valence-electron chi connectivity index (χ4n) is 4.81. The Hall–Kier alpha value is -2.36. The number of rotatable bonds is 4. The predicted octanol–water partition coefficient (Wildman–Crippen LogP) is 6.24. The number of benzene rings is 3. The van der Waals surface area contributed by atoms with Crippen molar-refractivity contribution in [3.63, 3.8) is 0 Å². The van der Waals surface area contributed by atoms with Crippen LogP contribution in [0.1, 0.15) is 28.2 Å². The molecule has 3 aromatic rings.